The number of hydrogen-bond acceptors (Lipinski definition) is 3. The fourth-order valence-corrected chi connectivity index (χ4v) is 5.06. The molecule has 1 nitrogen and oxygen atoms in total. The van der Waals surface area contributed by atoms with Crippen molar-refractivity contribution in [2.24, 2.45) is 0 Å². The van der Waals surface area contributed by atoms with Gasteiger partial charge in [-0.15, -0.1) is 0 Å². The molecule has 0 aromatic carbocycles. The standard InChI is InChI=1S/C11H20F3NS2/c1-7-8(2)17-10(6-16-7)9(15-3)4-5-11(12,13)14/h7-10,15H,4-6H2,1-3H3. The van der Waals surface area contributed by atoms with Crippen LogP contribution in [0.15, 0.2) is 0 Å². The van der Waals surface area contributed by atoms with Crippen LogP contribution in [-0.4, -0.2) is 40.8 Å². The van der Waals surface area contributed by atoms with E-state index >= 15 is 0 Å². The van der Waals surface area contributed by atoms with E-state index in [2.05, 4.69) is 19.2 Å². The van der Waals surface area contributed by atoms with Gasteiger partial charge >= 0.3 is 6.18 Å². The van der Waals surface area contributed by atoms with Gasteiger partial charge in [0.15, 0.2) is 0 Å². The van der Waals surface area contributed by atoms with Gasteiger partial charge in [-0.1, -0.05) is 13.8 Å². The van der Waals surface area contributed by atoms with Crippen molar-refractivity contribution < 1.29 is 13.2 Å². The Balaban J connectivity index is 2.45. The van der Waals surface area contributed by atoms with Crippen LogP contribution in [0, 0.1) is 0 Å². The molecule has 0 spiro atoms. The van der Waals surface area contributed by atoms with Crippen molar-refractivity contribution in [3.05, 3.63) is 0 Å². The highest BCUT2D eigenvalue weighted by Crippen LogP contribution is 2.38. The van der Waals surface area contributed by atoms with E-state index in [4.69, 9.17) is 0 Å². The molecule has 0 saturated carbocycles. The lowest BCUT2D eigenvalue weighted by Gasteiger charge is -2.36. The summed E-state index contributed by atoms with van der Waals surface area (Å²) in [5.41, 5.74) is 0. The van der Waals surface area contributed by atoms with Crippen molar-refractivity contribution in [1.82, 2.24) is 5.32 Å². The maximum absolute atomic E-state index is 12.2. The summed E-state index contributed by atoms with van der Waals surface area (Å²) in [6.07, 6.45) is -4.55. The average molecular weight is 287 g/mol. The van der Waals surface area contributed by atoms with Crippen LogP contribution in [-0.2, 0) is 0 Å². The van der Waals surface area contributed by atoms with Crippen molar-refractivity contribution in [2.75, 3.05) is 12.8 Å². The van der Waals surface area contributed by atoms with Crippen LogP contribution in [0.3, 0.4) is 0 Å². The van der Waals surface area contributed by atoms with Gasteiger partial charge in [0.1, 0.15) is 0 Å². The Bertz CT molecular complexity index is 235. The quantitative estimate of drug-likeness (QED) is 0.849. The van der Waals surface area contributed by atoms with E-state index in [1.165, 1.54) is 0 Å². The van der Waals surface area contributed by atoms with Crippen LogP contribution in [0.4, 0.5) is 13.2 Å². The smallest absolute Gasteiger partial charge is 0.316 e. The highest BCUT2D eigenvalue weighted by atomic mass is 32.2. The Morgan fingerprint density at radius 2 is 1.94 bits per heavy atom. The molecule has 0 radical (unpaired) electrons. The van der Waals surface area contributed by atoms with E-state index in [1.54, 1.807) is 7.05 Å². The van der Waals surface area contributed by atoms with E-state index in [0.717, 1.165) is 5.75 Å². The molecule has 0 aromatic heterocycles. The minimum absolute atomic E-state index is 0.0379. The first kappa shape index (κ1) is 15.5. The van der Waals surface area contributed by atoms with Gasteiger partial charge < -0.3 is 5.32 Å². The molecule has 17 heavy (non-hydrogen) atoms. The number of nitrogens with one attached hydrogen (secondary N) is 1. The summed E-state index contributed by atoms with van der Waals surface area (Å²) in [4.78, 5) is 0. The van der Waals surface area contributed by atoms with Gasteiger partial charge in [0.25, 0.3) is 0 Å². The number of thioether (sulfide) groups is 2. The zero-order valence-corrected chi connectivity index (χ0v) is 12.0. The van der Waals surface area contributed by atoms with Gasteiger partial charge in [0.2, 0.25) is 0 Å². The van der Waals surface area contributed by atoms with E-state index in [9.17, 15) is 13.2 Å². The summed E-state index contributed by atoms with van der Waals surface area (Å²) in [5, 5.41) is 4.44. The Labute approximate surface area is 110 Å². The lowest BCUT2D eigenvalue weighted by Crippen LogP contribution is -2.42. The summed E-state index contributed by atoms with van der Waals surface area (Å²) in [7, 11) is 1.76. The third-order valence-electron chi connectivity index (χ3n) is 3.13. The predicted molar refractivity (Wildman–Crippen MR) is 70.9 cm³/mol. The van der Waals surface area contributed by atoms with Gasteiger partial charge in [-0.25, -0.2) is 0 Å². The number of halogens is 3. The second-order valence-corrected chi connectivity index (χ2v) is 7.50. The molecule has 0 aromatic rings. The lowest BCUT2D eigenvalue weighted by molar-refractivity contribution is -0.136. The molecule has 4 unspecified atom stereocenters. The number of hydrogen-bond donors (Lipinski definition) is 1. The van der Waals surface area contributed by atoms with Crippen LogP contribution in [0.1, 0.15) is 26.7 Å². The van der Waals surface area contributed by atoms with E-state index in [1.807, 2.05) is 23.5 Å². The topological polar surface area (TPSA) is 12.0 Å². The molecule has 1 heterocycles. The van der Waals surface area contributed by atoms with Crippen LogP contribution >= 0.6 is 23.5 Å². The maximum atomic E-state index is 12.2. The molecule has 102 valence electrons. The first-order valence-electron chi connectivity index (χ1n) is 5.84. The molecule has 6 heteroatoms. The molecule has 1 saturated heterocycles. The molecule has 1 aliphatic heterocycles. The summed E-state index contributed by atoms with van der Waals surface area (Å²) in [5.74, 6) is 0.944. The fourth-order valence-electron chi connectivity index (χ4n) is 1.85. The highest BCUT2D eigenvalue weighted by Gasteiger charge is 2.34. The Morgan fingerprint density at radius 1 is 1.29 bits per heavy atom. The second kappa shape index (κ2) is 6.57. The van der Waals surface area contributed by atoms with Crippen LogP contribution in [0.5, 0.6) is 0 Å². The molecule has 4 atom stereocenters. The zero-order valence-electron chi connectivity index (χ0n) is 10.4. The summed E-state index contributed by atoms with van der Waals surface area (Å²) in [6.45, 7) is 4.34. The number of alkyl halides is 3. The van der Waals surface area contributed by atoms with Crippen LogP contribution < -0.4 is 5.32 Å². The monoisotopic (exact) mass is 287 g/mol. The van der Waals surface area contributed by atoms with Crippen molar-refractivity contribution in [1.29, 1.82) is 0 Å². The molecule has 1 fully saturated rings. The summed E-state index contributed by atoms with van der Waals surface area (Å²) < 4.78 is 36.7. The maximum Gasteiger partial charge on any atom is 0.389 e. The van der Waals surface area contributed by atoms with Crippen molar-refractivity contribution in [2.45, 2.75) is 54.7 Å². The minimum atomic E-state index is -4.04. The molecular formula is C11H20F3NS2. The number of rotatable bonds is 4. The summed E-state index contributed by atoms with van der Waals surface area (Å²) >= 11 is 3.70. The second-order valence-electron chi connectivity index (χ2n) is 4.47. The van der Waals surface area contributed by atoms with Crippen LogP contribution in [0.2, 0.25) is 0 Å². The zero-order chi connectivity index (χ0) is 13.1. The molecule has 1 aliphatic rings. The molecule has 1 rings (SSSR count). The third kappa shape index (κ3) is 5.30. The van der Waals surface area contributed by atoms with E-state index in [-0.39, 0.29) is 12.5 Å². The normalized spacial score (nSPS) is 32.5. The third-order valence-corrected chi connectivity index (χ3v) is 6.68. The first-order valence-corrected chi connectivity index (χ1v) is 7.83. The molecule has 0 amide bonds. The van der Waals surface area contributed by atoms with Crippen LogP contribution in [0.25, 0.3) is 0 Å². The molecule has 1 N–H and O–H groups in total. The lowest BCUT2D eigenvalue weighted by atomic mass is 10.1. The van der Waals surface area contributed by atoms with Crippen molar-refractivity contribution in [3.8, 4) is 0 Å². The molecule has 0 aliphatic carbocycles. The van der Waals surface area contributed by atoms with Gasteiger partial charge in [-0.2, -0.15) is 36.7 Å². The van der Waals surface area contributed by atoms with Crippen molar-refractivity contribution >= 4 is 23.5 Å². The van der Waals surface area contributed by atoms with Gasteiger partial charge in [0.05, 0.1) is 0 Å². The van der Waals surface area contributed by atoms with Gasteiger partial charge in [-0.3, -0.25) is 0 Å². The van der Waals surface area contributed by atoms with Crippen molar-refractivity contribution in [3.63, 3.8) is 0 Å². The summed E-state index contributed by atoms with van der Waals surface area (Å²) in [6, 6.07) is -0.0379. The largest absolute Gasteiger partial charge is 0.389 e. The minimum Gasteiger partial charge on any atom is -0.316 e. The molecular weight excluding hydrogens is 267 g/mol. The Kier molecular flexibility index (Phi) is 5.99. The Morgan fingerprint density at radius 3 is 2.41 bits per heavy atom. The van der Waals surface area contributed by atoms with Gasteiger partial charge in [0, 0.05) is 34.0 Å². The molecule has 0 bridgehead atoms. The first-order chi connectivity index (χ1) is 7.83. The SMILES string of the molecule is CNC(CCC(F)(F)F)C1CSC(C)C(C)S1. The Hall–Kier alpha value is 0.450. The predicted octanol–water partition coefficient (Wildman–Crippen LogP) is 3.54. The highest BCUT2D eigenvalue weighted by molar-refractivity contribution is 8.07. The van der Waals surface area contributed by atoms with E-state index in [0.29, 0.717) is 15.7 Å². The fraction of sp³-hybridized carbons (Fsp3) is 1.00. The average Bonchev–Trinajstić information content (AvgIpc) is 2.22. The van der Waals surface area contributed by atoms with E-state index < -0.39 is 12.6 Å². The van der Waals surface area contributed by atoms with Gasteiger partial charge in [-0.05, 0) is 13.5 Å².